The maximum Gasteiger partial charge on any atom is 0.125 e. The summed E-state index contributed by atoms with van der Waals surface area (Å²) in [5.41, 5.74) is 1.96. The third-order valence-electron chi connectivity index (χ3n) is 2.30. The first-order chi connectivity index (χ1) is 8.26. The fourth-order valence-electron chi connectivity index (χ4n) is 1.53. The molecular weight excluding hydrogens is 245 g/mol. The maximum absolute atomic E-state index is 13.1. The van der Waals surface area contributed by atoms with E-state index in [1.165, 1.54) is 16.8 Å². The normalized spacial score (nSPS) is 10.8. The third kappa shape index (κ3) is 2.45. The standard InChI is InChI=1S/C11H11ClFN3O/c1-17-7-11-10(6-12)14-15-16(11)9-4-2-3-8(13)5-9/h2-5H,6-7H2,1H3. The Balaban J connectivity index is 2.47. The Morgan fingerprint density at radius 1 is 1.47 bits per heavy atom. The fourth-order valence-corrected chi connectivity index (χ4v) is 1.74. The van der Waals surface area contributed by atoms with E-state index in [2.05, 4.69) is 10.3 Å². The van der Waals surface area contributed by atoms with Gasteiger partial charge in [0.1, 0.15) is 11.5 Å². The molecule has 0 bridgehead atoms. The number of ether oxygens (including phenoxy) is 1. The SMILES string of the molecule is COCc1c(CCl)nnn1-c1cccc(F)c1. The van der Waals surface area contributed by atoms with Gasteiger partial charge in [-0.25, -0.2) is 9.07 Å². The molecule has 17 heavy (non-hydrogen) atoms. The molecule has 2 aromatic rings. The van der Waals surface area contributed by atoms with Crippen molar-refractivity contribution in [2.24, 2.45) is 0 Å². The molecule has 0 aliphatic heterocycles. The van der Waals surface area contributed by atoms with E-state index in [0.717, 1.165) is 5.69 Å². The molecule has 0 aliphatic rings. The molecular formula is C11H11ClFN3O. The van der Waals surface area contributed by atoms with Crippen molar-refractivity contribution in [2.45, 2.75) is 12.5 Å². The number of aromatic nitrogens is 3. The van der Waals surface area contributed by atoms with Crippen LogP contribution in [0.3, 0.4) is 0 Å². The summed E-state index contributed by atoms with van der Waals surface area (Å²) in [5, 5.41) is 7.89. The predicted octanol–water partition coefficient (Wildman–Crippen LogP) is 2.29. The number of rotatable bonds is 4. The molecule has 0 N–H and O–H groups in total. The van der Waals surface area contributed by atoms with Crippen LogP contribution in [-0.4, -0.2) is 22.1 Å². The van der Waals surface area contributed by atoms with E-state index in [9.17, 15) is 4.39 Å². The predicted molar refractivity (Wildman–Crippen MR) is 61.6 cm³/mol. The number of alkyl halides is 1. The summed E-state index contributed by atoms with van der Waals surface area (Å²) in [5.74, 6) is -0.0811. The lowest BCUT2D eigenvalue weighted by atomic mass is 10.3. The Kier molecular flexibility index (Phi) is 3.71. The molecule has 0 amide bonds. The minimum atomic E-state index is -0.325. The van der Waals surface area contributed by atoms with Crippen LogP contribution in [0.15, 0.2) is 24.3 Å². The second-order valence-corrected chi connectivity index (χ2v) is 3.71. The summed E-state index contributed by atoms with van der Waals surface area (Å²) in [7, 11) is 1.57. The van der Waals surface area contributed by atoms with Crippen LogP contribution in [0.2, 0.25) is 0 Å². The van der Waals surface area contributed by atoms with Gasteiger partial charge in [-0.15, -0.1) is 16.7 Å². The van der Waals surface area contributed by atoms with E-state index >= 15 is 0 Å². The average Bonchev–Trinajstić information content (AvgIpc) is 2.72. The summed E-state index contributed by atoms with van der Waals surface area (Å²) in [4.78, 5) is 0. The molecule has 6 heteroatoms. The van der Waals surface area contributed by atoms with Crippen LogP contribution < -0.4 is 0 Å². The van der Waals surface area contributed by atoms with Crippen molar-refractivity contribution in [3.8, 4) is 5.69 Å². The lowest BCUT2D eigenvalue weighted by Gasteiger charge is -2.06. The van der Waals surface area contributed by atoms with Crippen molar-refractivity contribution >= 4 is 11.6 Å². The number of methoxy groups -OCH3 is 1. The van der Waals surface area contributed by atoms with Gasteiger partial charge in [0, 0.05) is 7.11 Å². The van der Waals surface area contributed by atoms with E-state index in [4.69, 9.17) is 16.3 Å². The van der Waals surface area contributed by atoms with Crippen LogP contribution in [0.1, 0.15) is 11.4 Å². The van der Waals surface area contributed by atoms with E-state index in [1.807, 2.05) is 0 Å². The highest BCUT2D eigenvalue weighted by Gasteiger charge is 2.13. The van der Waals surface area contributed by atoms with Gasteiger partial charge in [0.05, 0.1) is 23.9 Å². The average molecular weight is 256 g/mol. The Labute approximate surface area is 103 Å². The highest BCUT2D eigenvalue weighted by Crippen LogP contribution is 2.16. The molecule has 0 saturated carbocycles. The van der Waals surface area contributed by atoms with Crippen LogP contribution in [0, 0.1) is 5.82 Å². The molecule has 0 atom stereocenters. The molecule has 0 unspecified atom stereocenters. The molecule has 2 rings (SSSR count). The Morgan fingerprint density at radius 2 is 2.29 bits per heavy atom. The molecule has 1 aromatic heterocycles. The molecule has 0 radical (unpaired) electrons. The van der Waals surface area contributed by atoms with Gasteiger partial charge in [0.25, 0.3) is 0 Å². The first kappa shape index (κ1) is 12.0. The largest absolute Gasteiger partial charge is 0.378 e. The van der Waals surface area contributed by atoms with Crippen LogP contribution in [-0.2, 0) is 17.2 Å². The Bertz CT molecular complexity index is 515. The second kappa shape index (κ2) is 5.25. The van der Waals surface area contributed by atoms with E-state index in [-0.39, 0.29) is 11.7 Å². The number of benzene rings is 1. The lowest BCUT2D eigenvalue weighted by Crippen LogP contribution is -2.04. The van der Waals surface area contributed by atoms with Gasteiger partial charge in [-0.1, -0.05) is 11.3 Å². The molecule has 1 heterocycles. The molecule has 0 aliphatic carbocycles. The zero-order valence-electron chi connectivity index (χ0n) is 9.23. The van der Waals surface area contributed by atoms with E-state index in [0.29, 0.717) is 18.0 Å². The molecule has 0 saturated heterocycles. The monoisotopic (exact) mass is 255 g/mol. The topological polar surface area (TPSA) is 39.9 Å². The molecule has 0 fully saturated rings. The fraction of sp³-hybridized carbons (Fsp3) is 0.273. The molecule has 0 spiro atoms. The van der Waals surface area contributed by atoms with Crippen molar-refractivity contribution in [1.82, 2.24) is 15.0 Å². The molecule has 4 nitrogen and oxygen atoms in total. The first-order valence-electron chi connectivity index (χ1n) is 5.00. The number of hydrogen-bond acceptors (Lipinski definition) is 3. The third-order valence-corrected chi connectivity index (χ3v) is 2.56. The Hall–Kier alpha value is -1.46. The zero-order valence-corrected chi connectivity index (χ0v) is 9.99. The van der Waals surface area contributed by atoms with Crippen molar-refractivity contribution in [3.05, 3.63) is 41.5 Å². The van der Waals surface area contributed by atoms with Gasteiger partial charge in [0.15, 0.2) is 0 Å². The summed E-state index contributed by atoms with van der Waals surface area (Å²) >= 11 is 5.75. The maximum atomic E-state index is 13.1. The minimum Gasteiger partial charge on any atom is -0.378 e. The highest BCUT2D eigenvalue weighted by molar-refractivity contribution is 6.16. The first-order valence-corrected chi connectivity index (χ1v) is 5.54. The zero-order chi connectivity index (χ0) is 12.3. The van der Waals surface area contributed by atoms with Crippen LogP contribution in [0.4, 0.5) is 4.39 Å². The summed E-state index contributed by atoms with van der Waals surface area (Å²) in [6.07, 6.45) is 0. The van der Waals surface area contributed by atoms with Crippen molar-refractivity contribution in [3.63, 3.8) is 0 Å². The minimum absolute atomic E-state index is 0.244. The van der Waals surface area contributed by atoms with Crippen molar-refractivity contribution in [1.29, 1.82) is 0 Å². The lowest BCUT2D eigenvalue weighted by molar-refractivity contribution is 0.178. The van der Waals surface area contributed by atoms with Gasteiger partial charge in [-0.2, -0.15) is 0 Å². The smallest absolute Gasteiger partial charge is 0.125 e. The van der Waals surface area contributed by atoms with Gasteiger partial charge < -0.3 is 4.74 Å². The van der Waals surface area contributed by atoms with Crippen LogP contribution >= 0.6 is 11.6 Å². The number of hydrogen-bond donors (Lipinski definition) is 0. The molecule has 90 valence electrons. The van der Waals surface area contributed by atoms with E-state index in [1.54, 1.807) is 19.2 Å². The summed E-state index contributed by atoms with van der Waals surface area (Å²) in [6, 6.07) is 6.11. The second-order valence-electron chi connectivity index (χ2n) is 3.44. The van der Waals surface area contributed by atoms with Crippen LogP contribution in [0.5, 0.6) is 0 Å². The highest BCUT2D eigenvalue weighted by atomic mass is 35.5. The number of halogens is 2. The Morgan fingerprint density at radius 3 is 2.94 bits per heavy atom. The van der Waals surface area contributed by atoms with Crippen molar-refractivity contribution < 1.29 is 9.13 Å². The van der Waals surface area contributed by atoms with Crippen LogP contribution in [0.25, 0.3) is 5.69 Å². The van der Waals surface area contributed by atoms with Gasteiger partial charge >= 0.3 is 0 Å². The summed E-state index contributed by atoms with van der Waals surface area (Å²) < 4.78 is 19.7. The van der Waals surface area contributed by atoms with Gasteiger partial charge in [0.2, 0.25) is 0 Å². The van der Waals surface area contributed by atoms with Crippen molar-refractivity contribution in [2.75, 3.05) is 7.11 Å². The quantitative estimate of drug-likeness (QED) is 0.787. The van der Waals surface area contributed by atoms with Gasteiger partial charge in [-0.3, -0.25) is 0 Å². The van der Waals surface area contributed by atoms with Gasteiger partial charge in [-0.05, 0) is 18.2 Å². The summed E-state index contributed by atoms with van der Waals surface area (Å²) in [6.45, 7) is 0.325. The van der Waals surface area contributed by atoms with E-state index < -0.39 is 0 Å². The number of nitrogens with zero attached hydrogens (tertiary/aromatic N) is 3. The molecule has 1 aromatic carbocycles.